The molecular formula is C18H15ClN4OS. The molecule has 0 aliphatic rings. The Labute approximate surface area is 154 Å². The fraction of sp³-hybridized carbons (Fsp3) is 0.0556. The molecule has 1 aromatic heterocycles. The van der Waals surface area contributed by atoms with Crippen molar-refractivity contribution in [3.05, 3.63) is 80.8 Å². The van der Waals surface area contributed by atoms with Crippen LogP contribution in [0.5, 0.6) is 0 Å². The molecule has 126 valence electrons. The van der Waals surface area contributed by atoms with E-state index in [9.17, 15) is 4.79 Å². The number of aryl methyl sites for hydroxylation is 1. The molecule has 3 rings (SSSR count). The number of amides is 1. The third-order valence-electron chi connectivity index (χ3n) is 3.52. The Morgan fingerprint density at radius 1 is 1.16 bits per heavy atom. The Balaban J connectivity index is 1.97. The van der Waals surface area contributed by atoms with Crippen molar-refractivity contribution < 1.29 is 4.79 Å². The lowest BCUT2D eigenvalue weighted by Crippen LogP contribution is -2.22. The van der Waals surface area contributed by atoms with Gasteiger partial charge in [-0.25, -0.2) is 0 Å². The highest BCUT2D eigenvalue weighted by Crippen LogP contribution is 2.20. The van der Waals surface area contributed by atoms with Gasteiger partial charge in [0.25, 0.3) is 5.91 Å². The summed E-state index contributed by atoms with van der Waals surface area (Å²) >= 11 is 11.2. The minimum atomic E-state index is -0.249. The third-order valence-corrected chi connectivity index (χ3v) is 4.06. The van der Waals surface area contributed by atoms with E-state index in [2.05, 4.69) is 20.5 Å². The first-order chi connectivity index (χ1) is 12.0. The summed E-state index contributed by atoms with van der Waals surface area (Å²) in [6.45, 7) is 1.97. The smallest absolute Gasteiger partial charge is 0.255 e. The summed E-state index contributed by atoms with van der Waals surface area (Å²) in [7, 11) is 0. The van der Waals surface area contributed by atoms with Crippen LogP contribution in [0.25, 0.3) is 11.8 Å². The first-order valence-corrected chi connectivity index (χ1v) is 8.31. The Morgan fingerprint density at radius 3 is 2.52 bits per heavy atom. The van der Waals surface area contributed by atoms with Crippen LogP contribution in [0.4, 0.5) is 0 Å². The molecule has 0 saturated carbocycles. The van der Waals surface area contributed by atoms with Gasteiger partial charge in [-0.1, -0.05) is 47.5 Å². The minimum Gasteiger partial charge on any atom is -0.319 e. The number of aromatic amines is 2. The normalized spacial score (nSPS) is 11.4. The van der Waals surface area contributed by atoms with Gasteiger partial charge in [-0.3, -0.25) is 15.0 Å². The lowest BCUT2D eigenvalue weighted by molar-refractivity contribution is 0.0973. The molecule has 0 unspecified atom stereocenters. The van der Waals surface area contributed by atoms with E-state index in [0.717, 1.165) is 11.1 Å². The van der Waals surface area contributed by atoms with Crippen LogP contribution >= 0.6 is 23.8 Å². The quantitative estimate of drug-likeness (QED) is 0.597. The van der Waals surface area contributed by atoms with Crippen molar-refractivity contribution in [2.75, 3.05) is 0 Å². The number of hydrogen-bond donors (Lipinski definition) is 3. The maximum atomic E-state index is 12.6. The molecule has 0 bridgehead atoms. The van der Waals surface area contributed by atoms with Crippen molar-refractivity contribution in [3.8, 4) is 0 Å². The molecule has 0 aliphatic carbocycles. The molecule has 1 heterocycles. The number of halogens is 1. The van der Waals surface area contributed by atoms with Gasteiger partial charge in [-0.05, 0) is 49.0 Å². The van der Waals surface area contributed by atoms with Crippen molar-refractivity contribution in [1.82, 2.24) is 20.5 Å². The maximum absolute atomic E-state index is 12.6. The SMILES string of the molecule is Cc1ccc(C(=O)N/C(=C\c2ccccc2Cl)c2nc(=S)[nH][nH]2)cc1. The zero-order valence-electron chi connectivity index (χ0n) is 13.3. The molecule has 1 amide bonds. The van der Waals surface area contributed by atoms with Crippen molar-refractivity contribution in [3.63, 3.8) is 0 Å². The summed E-state index contributed by atoms with van der Waals surface area (Å²) in [5.41, 5.74) is 2.85. The zero-order chi connectivity index (χ0) is 17.8. The van der Waals surface area contributed by atoms with Crippen molar-refractivity contribution in [1.29, 1.82) is 0 Å². The van der Waals surface area contributed by atoms with Gasteiger partial charge >= 0.3 is 0 Å². The number of aromatic nitrogens is 3. The van der Waals surface area contributed by atoms with Gasteiger partial charge in [0.05, 0.1) is 5.70 Å². The lowest BCUT2D eigenvalue weighted by atomic mass is 10.1. The van der Waals surface area contributed by atoms with Gasteiger partial charge in [0.2, 0.25) is 4.77 Å². The van der Waals surface area contributed by atoms with Crippen LogP contribution in [0.15, 0.2) is 48.5 Å². The summed E-state index contributed by atoms with van der Waals surface area (Å²) in [5, 5.41) is 9.00. The molecule has 5 nitrogen and oxygen atoms in total. The summed E-state index contributed by atoms with van der Waals surface area (Å²) in [4.78, 5) is 16.7. The van der Waals surface area contributed by atoms with Crippen LogP contribution in [0.2, 0.25) is 5.02 Å². The second-order valence-electron chi connectivity index (χ2n) is 5.42. The number of nitrogens with one attached hydrogen (secondary N) is 3. The van der Waals surface area contributed by atoms with Crippen LogP contribution in [-0.4, -0.2) is 21.1 Å². The number of rotatable bonds is 4. The predicted molar refractivity (Wildman–Crippen MR) is 102 cm³/mol. The number of carbonyl (C=O) groups is 1. The second-order valence-corrected chi connectivity index (χ2v) is 6.21. The highest BCUT2D eigenvalue weighted by Gasteiger charge is 2.12. The van der Waals surface area contributed by atoms with Gasteiger partial charge in [-0.15, -0.1) is 0 Å². The largest absolute Gasteiger partial charge is 0.319 e. The first-order valence-electron chi connectivity index (χ1n) is 7.52. The Bertz CT molecular complexity index is 989. The maximum Gasteiger partial charge on any atom is 0.255 e. The molecule has 25 heavy (non-hydrogen) atoms. The second kappa shape index (κ2) is 7.46. The Kier molecular flexibility index (Phi) is 5.11. The molecule has 3 aromatic rings. The van der Waals surface area contributed by atoms with Crippen molar-refractivity contribution in [2.24, 2.45) is 0 Å². The molecule has 0 fully saturated rings. The van der Waals surface area contributed by atoms with E-state index in [1.54, 1.807) is 24.3 Å². The zero-order valence-corrected chi connectivity index (χ0v) is 14.9. The summed E-state index contributed by atoms with van der Waals surface area (Å²) in [6, 6.07) is 14.6. The van der Waals surface area contributed by atoms with Crippen LogP contribution in [-0.2, 0) is 0 Å². The molecule has 7 heteroatoms. The highest BCUT2D eigenvalue weighted by molar-refractivity contribution is 7.71. The van der Waals surface area contributed by atoms with E-state index < -0.39 is 0 Å². The van der Waals surface area contributed by atoms with Gasteiger partial charge < -0.3 is 5.32 Å². The predicted octanol–water partition coefficient (Wildman–Crippen LogP) is 4.36. The van der Waals surface area contributed by atoms with Crippen LogP contribution in [0, 0.1) is 11.7 Å². The van der Waals surface area contributed by atoms with E-state index in [4.69, 9.17) is 23.8 Å². The van der Waals surface area contributed by atoms with E-state index in [0.29, 0.717) is 26.9 Å². The number of nitrogens with zero attached hydrogens (tertiary/aromatic N) is 1. The molecule has 0 saturated heterocycles. The van der Waals surface area contributed by atoms with Crippen LogP contribution in [0.3, 0.4) is 0 Å². The number of H-pyrrole nitrogens is 2. The monoisotopic (exact) mass is 370 g/mol. The Hall–Kier alpha value is -2.70. The molecule has 0 spiro atoms. The number of hydrogen-bond acceptors (Lipinski definition) is 3. The Morgan fingerprint density at radius 2 is 1.88 bits per heavy atom. The fourth-order valence-electron chi connectivity index (χ4n) is 2.21. The standard InChI is InChI=1S/C18H15ClN4OS/c1-11-6-8-12(9-7-11)17(24)20-15(16-21-18(25)23-22-16)10-13-4-2-3-5-14(13)19/h2-10H,1H3,(H,20,24)(H2,21,22,23,25)/b15-10-. The van der Waals surface area contributed by atoms with Gasteiger partial charge in [-0.2, -0.15) is 4.98 Å². The highest BCUT2D eigenvalue weighted by atomic mass is 35.5. The van der Waals surface area contributed by atoms with Crippen LogP contribution in [0.1, 0.15) is 27.3 Å². The average Bonchev–Trinajstić information content (AvgIpc) is 3.03. The molecule has 0 radical (unpaired) electrons. The molecule has 0 aliphatic heterocycles. The third kappa shape index (κ3) is 4.23. The number of benzene rings is 2. The van der Waals surface area contributed by atoms with Crippen LogP contribution < -0.4 is 5.32 Å². The van der Waals surface area contributed by atoms with E-state index in [-0.39, 0.29) is 5.91 Å². The van der Waals surface area contributed by atoms with E-state index in [1.807, 2.05) is 37.3 Å². The van der Waals surface area contributed by atoms with E-state index >= 15 is 0 Å². The summed E-state index contributed by atoms with van der Waals surface area (Å²) in [6.07, 6.45) is 1.75. The lowest BCUT2D eigenvalue weighted by Gasteiger charge is -2.09. The summed E-state index contributed by atoms with van der Waals surface area (Å²) in [5.74, 6) is 0.172. The minimum absolute atomic E-state index is 0.249. The van der Waals surface area contributed by atoms with Gasteiger partial charge in [0.1, 0.15) is 0 Å². The fourth-order valence-corrected chi connectivity index (χ4v) is 2.54. The van der Waals surface area contributed by atoms with Gasteiger partial charge in [0, 0.05) is 10.6 Å². The molecule has 2 aromatic carbocycles. The first kappa shape index (κ1) is 17.1. The molecule has 0 atom stereocenters. The molecular weight excluding hydrogens is 356 g/mol. The van der Waals surface area contributed by atoms with E-state index in [1.165, 1.54) is 0 Å². The van der Waals surface area contributed by atoms with Crippen molar-refractivity contribution in [2.45, 2.75) is 6.92 Å². The number of carbonyl (C=O) groups excluding carboxylic acids is 1. The average molecular weight is 371 g/mol. The molecule has 3 N–H and O–H groups in total. The van der Waals surface area contributed by atoms with Gasteiger partial charge in [0.15, 0.2) is 5.82 Å². The summed E-state index contributed by atoms with van der Waals surface area (Å²) < 4.78 is 0.296. The topological polar surface area (TPSA) is 73.6 Å². The van der Waals surface area contributed by atoms with Crippen molar-refractivity contribution >= 4 is 41.5 Å².